The van der Waals surface area contributed by atoms with Crippen LogP contribution in [0.4, 0.5) is 0 Å². The van der Waals surface area contributed by atoms with Gasteiger partial charge < -0.3 is 20.4 Å². The van der Waals surface area contributed by atoms with Gasteiger partial charge in [-0.25, -0.2) is 13.4 Å². The maximum Gasteiger partial charge on any atom is 0.264 e. The fourth-order valence-electron chi connectivity index (χ4n) is 5.59. The number of aromatic nitrogens is 1. The van der Waals surface area contributed by atoms with Gasteiger partial charge in [0.05, 0.1) is 23.3 Å². The number of rotatable bonds is 13. The lowest BCUT2D eigenvalue weighted by Gasteiger charge is -2.24. The maximum atomic E-state index is 13.7. The molecule has 46 heavy (non-hydrogen) atoms. The number of oxazole rings is 1. The number of nitrogens with one attached hydrogen (secondary N) is 3. The number of carbonyl (C=O) groups is 3. The van der Waals surface area contributed by atoms with Crippen LogP contribution in [0.1, 0.15) is 52.6 Å². The molecule has 0 saturated carbocycles. The zero-order valence-corrected chi connectivity index (χ0v) is 26.0. The summed E-state index contributed by atoms with van der Waals surface area (Å²) in [4.78, 5) is 44.4. The quantitative estimate of drug-likeness (QED) is 0.185. The summed E-state index contributed by atoms with van der Waals surface area (Å²) in [6.45, 7) is 0.898. The van der Waals surface area contributed by atoms with Crippen molar-refractivity contribution >= 4 is 38.5 Å². The van der Waals surface area contributed by atoms with Gasteiger partial charge in [0, 0.05) is 19.0 Å². The third-order valence-corrected chi connectivity index (χ3v) is 10.1. The van der Waals surface area contributed by atoms with Crippen molar-refractivity contribution in [3.05, 3.63) is 101 Å². The maximum absolute atomic E-state index is 13.7. The summed E-state index contributed by atoms with van der Waals surface area (Å²) < 4.78 is 33.1. The number of carbonyl (C=O) groups excluding carboxylic acids is 3. The van der Waals surface area contributed by atoms with Crippen LogP contribution in [0.3, 0.4) is 0 Å². The van der Waals surface area contributed by atoms with Crippen molar-refractivity contribution in [2.24, 2.45) is 5.92 Å². The molecule has 5 rings (SSSR count). The molecule has 0 radical (unpaired) electrons. The molecule has 3 N–H and O–H groups in total. The van der Waals surface area contributed by atoms with Gasteiger partial charge in [-0.3, -0.25) is 14.4 Å². The summed E-state index contributed by atoms with van der Waals surface area (Å²) >= 11 is 0. The van der Waals surface area contributed by atoms with E-state index in [2.05, 4.69) is 20.9 Å². The first-order valence-corrected chi connectivity index (χ1v) is 16.9. The number of nitriles is 1. The van der Waals surface area contributed by atoms with Crippen molar-refractivity contribution in [3.63, 3.8) is 0 Å². The Morgan fingerprint density at radius 1 is 0.957 bits per heavy atom. The Bertz CT molecular complexity index is 1810. The van der Waals surface area contributed by atoms with Crippen molar-refractivity contribution < 1.29 is 27.2 Å². The van der Waals surface area contributed by atoms with E-state index in [1.807, 2.05) is 12.1 Å². The highest BCUT2D eigenvalue weighted by atomic mass is 32.2. The van der Waals surface area contributed by atoms with E-state index in [0.29, 0.717) is 42.6 Å². The van der Waals surface area contributed by atoms with E-state index in [4.69, 9.17) is 4.42 Å². The number of hydrogen-bond acceptors (Lipinski definition) is 9. The SMILES string of the molecule is N#Cc1ccccc1CS(=O)(=O)C(CNC(=O)C1CCNCC1)C(=O)NCCC(C(=O)c1nc2ccccc2o1)c1ccccc1. The second-order valence-corrected chi connectivity index (χ2v) is 13.4. The first kappa shape index (κ1) is 32.5. The van der Waals surface area contributed by atoms with Crippen LogP contribution in [0.25, 0.3) is 11.1 Å². The van der Waals surface area contributed by atoms with Crippen LogP contribution in [-0.2, 0) is 25.2 Å². The van der Waals surface area contributed by atoms with Crippen LogP contribution in [-0.4, -0.2) is 62.4 Å². The second-order valence-electron chi connectivity index (χ2n) is 11.2. The van der Waals surface area contributed by atoms with Crippen molar-refractivity contribution in [1.29, 1.82) is 5.26 Å². The highest BCUT2D eigenvalue weighted by Crippen LogP contribution is 2.26. The number of sulfone groups is 1. The molecule has 3 aromatic carbocycles. The highest BCUT2D eigenvalue weighted by molar-refractivity contribution is 7.92. The Kier molecular flexibility index (Phi) is 10.6. The van der Waals surface area contributed by atoms with E-state index in [-0.39, 0.29) is 47.6 Å². The largest absolute Gasteiger partial charge is 0.434 e. The third kappa shape index (κ3) is 7.85. The molecular weight excluding hydrogens is 606 g/mol. The van der Waals surface area contributed by atoms with Crippen LogP contribution in [0.5, 0.6) is 0 Å². The van der Waals surface area contributed by atoms with Crippen LogP contribution in [0.2, 0.25) is 0 Å². The lowest BCUT2D eigenvalue weighted by molar-refractivity contribution is -0.126. The van der Waals surface area contributed by atoms with Crippen molar-refractivity contribution in [1.82, 2.24) is 20.9 Å². The van der Waals surface area contributed by atoms with Crippen LogP contribution in [0, 0.1) is 17.2 Å². The lowest BCUT2D eigenvalue weighted by Crippen LogP contribution is -2.49. The number of para-hydroxylation sites is 2. The standard InChI is InChI=1S/C34H35N5O6S/c35-20-25-10-4-5-11-26(25)22-46(43,44)30(21-38-32(41)24-14-17-36-18-15-24)33(42)37-19-16-27(23-8-2-1-3-9-23)31(40)34-39-28-12-6-7-13-29(28)45-34/h1-13,24,27,30,36H,14-19,21-22H2,(H,37,42)(H,38,41). The zero-order valence-electron chi connectivity index (χ0n) is 25.1. The normalized spacial score (nSPS) is 15.0. The summed E-state index contributed by atoms with van der Waals surface area (Å²) in [6.07, 6.45) is 1.36. The molecule has 1 fully saturated rings. The molecule has 0 spiro atoms. The van der Waals surface area contributed by atoms with Crippen molar-refractivity contribution in [2.45, 2.75) is 36.2 Å². The molecule has 2 amide bonds. The molecule has 0 aliphatic carbocycles. The lowest BCUT2D eigenvalue weighted by atomic mass is 9.91. The smallest absolute Gasteiger partial charge is 0.264 e. The third-order valence-electron chi connectivity index (χ3n) is 8.15. The van der Waals surface area contributed by atoms with Gasteiger partial charge in [0.15, 0.2) is 20.7 Å². The van der Waals surface area contributed by atoms with Gasteiger partial charge in [0.1, 0.15) is 5.52 Å². The summed E-state index contributed by atoms with van der Waals surface area (Å²) in [5.74, 6) is -3.10. The van der Waals surface area contributed by atoms with E-state index < -0.39 is 39.2 Å². The summed E-state index contributed by atoms with van der Waals surface area (Å²) in [7, 11) is -4.19. The number of nitrogens with zero attached hydrogens (tertiary/aromatic N) is 2. The van der Waals surface area contributed by atoms with E-state index in [1.54, 1.807) is 60.7 Å². The first-order valence-electron chi connectivity index (χ1n) is 15.2. The van der Waals surface area contributed by atoms with Crippen molar-refractivity contribution in [2.75, 3.05) is 26.2 Å². The average molecular weight is 642 g/mol. The molecule has 238 valence electrons. The fourth-order valence-corrected chi connectivity index (χ4v) is 7.22. The molecule has 2 heterocycles. The number of fused-ring (bicyclic) bond motifs is 1. The van der Waals surface area contributed by atoms with Gasteiger partial charge >= 0.3 is 0 Å². The molecular formula is C34H35N5O6S. The molecule has 1 aliphatic rings. The van der Waals surface area contributed by atoms with E-state index in [9.17, 15) is 28.1 Å². The first-order chi connectivity index (χ1) is 22.3. The molecule has 11 nitrogen and oxygen atoms in total. The Morgan fingerprint density at radius 2 is 1.65 bits per heavy atom. The molecule has 2 unspecified atom stereocenters. The van der Waals surface area contributed by atoms with Gasteiger partial charge in [-0.15, -0.1) is 0 Å². The Morgan fingerprint density at radius 3 is 2.39 bits per heavy atom. The number of amides is 2. The van der Waals surface area contributed by atoms with Gasteiger partial charge in [0.25, 0.3) is 5.89 Å². The van der Waals surface area contributed by atoms with E-state index in [0.717, 1.165) is 0 Å². The topological polar surface area (TPSA) is 171 Å². The minimum absolute atomic E-state index is 0.0343. The zero-order chi connectivity index (χ0) is 32.5. The number of hydrogen-bond donors (Lipinski definition) is 3. The van der Waals surface area contributed by atoms with Gasteiger partial charge in [-0.1, -0.05) is 60.7 Å². The predicted molar refractivity (Wildman–Crippen MR) is 171 cm³/mol. The van der Waals surface area contributed by atoms with Crippen LogP contribution >= 0.6 is 0 Å². The minimum Gasteiger partial charge on any atom is -0.434 e. The van der Waals surface area contributed by atoms with Crippen LogP contribution in [0.15, 0.2) is 83.3 Å². The van der Waals surface area contributed by atoms with Crippen molar-refractivity contribution in [3.8, 4) is 6.07 Å². The summed E-state index contributed by atoms with van der Waals surface area (Å²) in [5.41, 5.74) is 2.16. The second kappa shape index (κ2) is 14.9. The molecule has 1 aliphatic heterocycles. The van der Waals surface area contributed by atoms with Crippen LogP contribution < -0.4 is 16.0 Å². The van der Waals surface area contributed by atoms with Gasteiger partial charge in [-0.2, -0.15) is 5.26 Å². The minimum atomic E-state index is -4.19. The Hall–Kier alpha value is -4.86. The predicted octanol–water partition coefficient (Wildman–Crippen LogP) is 3.27. The molecule has 1 aromatic heterocycles. The molecule has 1 saturated heterocycles. The summed E-state index contributed by atoms with van der Waals surface area (Å²) in [6, 6.07) is 24.3. The Labute approximate surface area is 267 Å². The molecule has 0 bridgehead atoms. The van der Waals surface area contributed by atoms with Gasteiger partial charge in [0.2, 0.25) is 17.6 Å². The summed E-state index contributed by atoms with van der Waals surface area (Å²) in [5, 5.41) is 16.4. The van der Waals surface area contributed by atoms with Gasteiger partial charge in [-0.05, 0) is 61.7 Å². The number of benzene rings is 3. The number of piperidine rings is 1. The molecule has 12 heteroatoms. The molecule has 4 aromatic rings. The van der Waals surface area contributed by atoms with E-state index in [1.165, 1.54) is 12.1 Å². The Balaban J connectivity index is 1.33. The average Bonchev–Trinajstić information content (AvgIpc) is 3.52. The fraction of sp³-hybridized carbons (Fsp3) is 0.324. The highest BCUT2D eigenvalue weighted by Gasteiger charge is 2.35. The number of ketones is 1. The molecule has 2 atom stereocenters. The monoisotopic (exact) mass is 641 g/mol. The number of Topliss-reactive ketones (excluding diaryl/α,β-unsaturated/α-hetero) is 1. The van der Waals surface area contributed by atoms with E-state index >= 15 is 0 Å².